The zero-order valence-corrected chi connectivity index (χ0v) is 18.1. The second-order valence-electron chi connectivity index (χ2n) is 7.03. The first kappa shape index (κ1) is 20.8. The zero-order chi connectivity index (χ0) is 21.6. The number of rotatable bonds is 8. The van der Waals surface area contributed by atoms with Gasteiger partial charge in [-0.2, -0.15) is 5.10 Å². The summed E-state index contributed by atoms with van der Waals surface area (Å²) < 4.78 is 11.7. The van der Waals surface area contributed by atoms with Gasteiger partial charge < -0.3 is 14.5 Å². The van der Waals surface area contributed by atoms with E-state index in [0.29, 0.717) is 35.7 Å². The maximum Gasteiger partial charge on any atom is 0.222 e. The highest BCUT2D eigenvalue weighted by Crippen LogP contribution is 2.29. The summed E-state index contributed by atoms with van der Waals surface area (Å²) in [6.45, 7) is 4.92. The van der Waals surface area contributed by atoms with Crippen molar-refractivity contribution in [3.63, 3.8) is 0 Å². The number of anilines is 1. The van der Waals surface area contributed by atoms with Crippen LogP contribution >= 0.6 is 11.6 Å². The van der Waals surface area contributed by atoms with Crippen LogP contribution in [0.1, 0.15) is 23.6 Å². The third kappa shape index (κ3) is 5.35. The first-order valence-electron chi connectivity index (χ1n) is 10.0. The Balaban J connectivity index is 1.44. The summed E-state index contributed by atoms with van der Waals surface area (Å²) in [7, 11) is 0. The number of aryl methyl sites for hydroxylation is 1. The molecule has 0 saturated heterocycles. The highest BCUT2D eigenvalue weighted by Gasteiger charge is 2.07. The monoisotopic (exact) mass is 434 g/mol. The van der Waals surface area contributed by atoms with Crippen molar-refractivity contribution >= 4 is 34.8 Å². The number of hydrogen-bond acceptors (Lipinski definition) is 5. The molecule has 3 aromatic carbocycles. The van der Waals surface area contributed by atoms with Crippen LogP contribution in [-0.2, 0) is 6.61 Å². The van der Waals surface area contributed by atoms with Gasteiger partial charge >= 0.3 is 0 Å². The largest absolute Gasteiger partial charge is 0.490 e. The van der Waals surface area contributed by atoms with Crippen molar-refractivity contribution in [2.24, 2.45) is 5.10 Å². The van der Waals surface area contributed by atoms with Crippen LogP contribution in [0.4, 0.5) is 5.95 Å². The molecule has 158 valence electrons. The van der Waals surface area contributed by atoms with Crippen LogP contribution in [0.15, 0.2) is 65.8 Å². The molecule has 0 spiro atoms. The van der Waals surface area contributed by atoms with Gasteiger partial charge in [0.1, 0.15) is 6.61 Å². The summed E-state index contributed by atoms with van der Waals surface area (Å²) in [5.41, 5.74) is 7.84. The zero-order valence-electron chi connectivity index (χ0n) is 17.4. The molecule has 0 radical (unpaired) electrons. The fraction of sp³-hybridized carbons (Fsp3) is 0.167. The Labute approximate surface area is 185 Å². The molecule has 0 atom stereocenters. The lowest BCUT2D eigenvalue weighted by molar-refractivity contribution is 0.269. The van der Waals surface area contributed by atoms with Crippen molar-refractivity contribution in [2.45, 2.75) is 20.5 Å². The molecule has 4 aromatic rings. The predicted molar refractivity (Wildman–Crippen MR) is 125 cm³/mol. The van der Waals surface area contributed by atoms with Gasteiger partial charge in [-0.25, -0.2) is 10.4 Å². The van der Waals surface area contributed by atoms with E-state index in [1.807, 2.05) is 74.5 Å². The molecular formula is C24H23ClN4O2. The van der Waals surface area contributed by atoms with Crippen molar-refractivity contribution in [1.29, 1.82) is 0 Å². The Morgan fingerprint density at radius 3 is 2.81 bits per heavy atom. The lowest BCUT2D eigenvalue weighted by Crippen LogP contribution is -2.01. The maximum absolute atomic E-state index is 6.04. The molecule has 0 bridgehead atoms. The molecule has 0 aliphatic carbocycles. The first-order valence-corrected chi connectivity index (χ1v) is 10.4. The molecule has 4 rings (SSSR count). The number of benzene rings is 3. The first-order chi connectivity index (χ1) is 15.1. The van der Waals surface area contributed by atoms with E-state index < -0.39 is 0 Å². The van der Waals surface area contributed by atoms with E-state index in [0.717, 1.165) is 22.2 Å². The van der Waals surface area contributed by atoms with Gasteiger partial charge in [0.25, 0.3) is 0 Å². The Morgan fingerprint density at radius 2 is 1.97 bits per heavy atom. The number of H-pyrrole nitrogens is 1. The highest BCUT2D eigenvalue weighted by molar-refractivity contribution is 6.30. The smallest absolute Gasteiger partial charge is 0.222 e. The van der Waals surface area contributed by atoms with Crippen LogP contribution in [0.5, 0.6) is 11.5 Å². The van der Waals surface area contributed by atoms with Crippen LogP contribution in [0.3, 0.4) is 0 Å². The van der Waals surface area contributed by atoms with Gasteiger partial charge in [-0.05, 0) is 73.0 Å². The van der Waals surface area contributed by atoms with E-state index in [9.17, 15) is 0 Å². The molecule has 0 aliphatic rings. The minimum absolute atomic E-state index is 0.404. The molecule has 0 unspecified atom stereocenters. The van der Waals surface area contributed by atoms with Gasteiger partial charge in [0.2, 0.25) is 5.95 Å². The molecular weight excluding hydrogens is 412 g/mol. The summed E-state index contributed by atoms with van der Waals surface area (Å²) in [4.78, 5) is 7.68. The normalized spacial score (nSPS) is 11.2. The average molecular weight is 435 g/mol. The second-order valence-corrected chi connectivity index (χ2v) is 7.47. The van der Waals surface area contributed by atoms with Gasteiger partial charge in [0.15, 0.2) is 11.5 Å². The molecule has 0 fully saturated rings. The fourth-order valence-corrected chi connectivity index (χ4v) is 3.34. The number of halogens is 1. The van der Waals surface area contributed by atoms with E-state index in [4.69, 9.17) is 21.1 Å². The number of hydrazone groups is 1. The highest BCUT2D eigenvalue weighted by atomic mass is 35.5. The summed E-state index contributed by atoms with van der Waals surface area (Å²) >= 11 is 6.04. The SMILES string of the molecule is CCOc1cc(/C=N\Nc2nc3ccc(C)cc3[nH]2)ccc1OCc1cccc(Cl)c1. The molecule has 31 heavy (non-hydrogen) atoms. The summed E-state index contributed by atoms with van der Waals surface area (Å²) in [6, 6.07) is 19.3. The average Bonchev–Trinajstić information content (AvgIpc) is 3.15. The molecule has 6 nitrogen and oxygen atoms in total. The summed E-state index contributed by atoms with van der Waals surface area (Å²) in [5, 5.41) is 4.97. The van der Waals surface area contributed by atoms with Crippen LogP contribution in [0, 0.1) is 6.92 Å². The molecule has 7 heteroatoms. The number of fused-ring (bicyclic) bond motifs is 1. The van der Waals surface area contributed by atoms with Crippen molar-refractivity contribution in [2.75, 3.05) is 12.0 Å². The van der Waals surface area contributed by atoms with E-state index in [-0.39, 0.29) is 0 Å². The molecule has 1 aromatic heterocycles. The van der Waals surface area contributed by atoms with Gasteiger partial charge in [-0.1, -0.05) is 29.8 Å². The van der Waals surface area contributed by atoms with E-state index in [2.05, 4.69) is 20.5 Å². The minimum Gasteiger partial charge on any atom is -0.490 e. The van der Waals surface area contributed by atoms with Gasteiger partial charge in [-0.15, -0.1) is 0 Å². The predicted octanol–water partition coefficient (Wildman–Crippen LogP) is 5.95. The van der Waals surface area contributed by atoms with Crippen LogP contribution < -0.4 is 14.9 Å². The Hall–Kier alpha value is -3.51. The molecule has 0 amide bonds. The molecule has 0 aliphatic heterocycles. The van der Waals surface area contributed by atoms with Crippen molar-refractivity contribution < 1.29 is 9.47 Å². The number of nitrogens with one attached hydrogen (secondary N) is 2. The van der Waals surface area contributed by atoms with Crippen LogP contribution in [-0.4, -0.2) is 22.8 Å². The molecule has 2 N–H and O–H groups in total. The van der Waals surface area contributed by atoms with E-state index >= 15 is 0 Å². The number of aromatic nitrogens is 2. The van der Waals surface area contributed by atoms with E-state index in [1.165, 1.54) is 5.56 Å². The quantitative estimate of drug-likeness (QED) is 0.265. The Morgan fingerprint density at radius 1 is 1.06 bits per heavy atom. The summed E-state index contributed by atoms with van der Waals surface area (Å²) in [5.74, 6) is 1.91. The molecule has 0 saturated carbocycles. The van der Waals surface area contributed by atoms with Gasteiger partial charge in [-0.3, -0.25) is 0 Å². The lowest BCUT2D eigenvalue weighted by Gasteiger charge is -2.12. The number of hydrogen-bond donors (Lipinski definition) is 2. The summed E-state index contributed by atoms with van der Waals surface area (Å²) in [6.07, 6.45) is 1.71. The maximum atomic E-state index is 6.04. The second kappa shape index (κ2) is 9.53. The third-order valence-corrected chi connectivity index (χ3v) is 4.81. The topological polar surface area (TPSA) is 71.5 Å². The van der Waals surface area contributed by atoms with Gasteiger partial charge in [0, 0.05) is 5.02 Å². The van der Waals surface area contributed by atoms with Crippen molar-refractivity contribution in [1.82, 2.24) is 9.97 Å². The Kier molecular flexibility index (Phi) is 6.38. The van der Waals surface area contributed by atoms with Crippen LogP contribution in [0.25, 0.3) is 11.0 Å². The van der Waals surface area contributed by atoms with Gasteiger partial charge in [0.05, 0.1) is 23.9 Å². The number of ether oxygens (including phenoxy) is 2. The fourth-order valence-electron chi connectivity index (χ4n) is 3.12. The molecule has 1 heterocycles. The van der Waals surface area contributed by atoms with Crippen molar-refractivity contribution in [3.8, 4) is 11.5 Å². The third-order valence-electron chi connectivity index (χ3n) is 4.57. The number of nitrogens with zero attached hydrogens (tertiary/aromatic N) is 2. The lowest BCUT2D eigenvalue weighted by atomic mass is 10.2. The minimum atomic E-state index is 0.404. The van der Waals surface area contributed by atoms with Crippen LogP contribution in [0.2, 0.25) is 5.02 Å². The number of aromatic amines is 1. The van der Waals surface area contributed by atoms with Crippen molar-refractivity contribution in [3.05, 3.63) is 82.4 Å². The van der Waals surface area contributed by atoms with E-state index in [1.54, 1.807) is 6.21 Å². The standard InChI is InChI=1S/C24H23ClN4O2/c1-3-30-23-13-17(8-10-22(23)31-15-18-5-4-6-19(25)12-18)14-26-29-24-27-20-9-7-16(2)11-21(20)28-24/h4-14H,3,15H2,1-2H3,(H2,27,28,29)/b26-14-. The Bertz CT molecular complexity index is 1220. The number of imidazole rings is 1.